The van der Waals surface area contributed by atoms with Gasteiger partial charge in [0.1, 0.15) is 5.76 Å². The van der Waals surface area contributed by atoms with Gasteiger partial charge in [-0.1, -0.05) is 50.6 Å². The van der Waals surface area contributed by atoms with Gasteiger partial charge in [0.15, 0.2) is 0 Å². The van der Waals surface area contributed by atoms with Crippen LogP contribution in [-0.4, -0.2) is 6.04 Å². The fourth-order valence-corrected chi connectivity index (χ4v) is 3.65. The van der Waals surface area contributed by atoms with E-state index >= 15 is 0 Å². The molecular formula is C19H25NO. The molecule has 0 bridgehead atoms. The van der Waals surface area contributed by atoms with E-state index in [1.54, 1.807) is 6.26 Å². The quantitative estimate of drug-likeness (QED) is 0.873. The van der Waals surface area contributed by atoms with E-state index in [0.717, 1.165) is 17.6 Å². The fraction of sp³-hybridized carbons (Fsp3) is 0.474. The standard InChI is InChI=1S/C19H25NO/c1-14-8-6-9-15(2)18(14)20-19(17-12-7-13-21-17)16-10-4-3-5-11-16/h3-5,7,10-15,18-20H,6,8-9H2,1-2H3. The van der Waals surface area contributed by atoms with Crippen LogP contribution in [0.4, 0.5) is 0 Å². The summed E-state index contributed by atoms with van der Waals surface area (Å²) in [6.45, 7) is 4.75. The van der Waals surface area contributed by atoms with Crippen molar-refractivity contribution in [3.63, 3.8) is 0 Å². The van der Waals surface area contributed by atoms with E-state index in [2.05, 4.69) is 55.6 Å². The highest BCUT2D eigenvalue weighted by atomic mass is 16.3. The molecule has 1 saturated carbocycles. The van der Waals surface area contributed by atoms with E-state index in [1.807, 2.05) is 6.07 Å². The van der Waals surface area contributed by atoms with Gasteiger partial charge in [-0.15, -0.1) is 0 Å². The molecule has 0 saturated heterocycles. The number of hydrogen-bond acceptors (Lipinski definition) is 2. The van der Waals surface area contributed by atoms with Crippen LogP contribution in [0.3, 0.4) is 0 Å². The summed E-state index contributed by atoms with van der Waals surface area (Å²) in [5, 5.41) is 3.88. The van der Waals surface area contributed by atoms with E-state index in [4.69, 9.17) is 4.42 Å². The van der Waals surface area contributed by atoms with E-state index in [0.29, 0.717) is 6.04 Å². The largest absolute Gasteiger partial charge is 0.467 e. The minimum absolute atomic E-state index is 0.147. The molecule has 3 atom stereocenters. The van der Waals surface area contributed by atoms with Crippen molar-refractivity contribution < 1.29 is 4.42 Å². The average Bonchev–Trinajstić information content (AvgIpc) is 3.02. The number of rotatable bonds is 4. The van der Waals surface area contributed by atoms with Gasteiger partial charge in [0.2, 0.25) is 0 Å². The van der Waals surface area contributed by atoms with Gasteiger partial charge in [-0.2, -0.15) is 0 Å². The van der Waals surface area contributed by atoms with Crippen LogP contribution in [-0.2, 0) is 0 Å². The summed E-state index contributed by atoms with van der Waals surface area (Å²) in [5.74, 6) is 2.44. The maximum absolute atomic E-state index is 5.70. The van der Waals surface area contributed by atoms with Crippen molar-refractivity contribution >= 4 is 0 Å². The Morgan fingerprint density at radius 2 is 1.71 bits per heavy atom. The molecule has 2 aromatic rings. The maximum atomic E-state index is 5.70. The van der Waals surface area contributed by atoms with Gasteiger partial charge in [0.25, 0.3) is 0 Å². The molecule has 1 N–H and O–H groups in total. The van der Waals surface area contributed by atoms with Crippen molar-refractivity contribution in [2.45, 2.75) is 45.2 Å². The summed E-state index contributed by atoms with van der Waals surface area (Å²) in [6, 6.07) is 15.4. The lowest BCUT2D eigenvalue weighted by Crippen LogP contribution is -2.44. The molecule has 112 valence electrons. The van der Waals surface area contributed by atoms with Gasteiger partial charge in [0, 0.05) is 6.04 Å². The molecule has 2 nitrogen and oxygen atoms in total. The second-order valence-electron chi connectivity index (χ2n) is 6.44. The summed E-state index contributed by atoms with van der Waals surface area (Å²) < 4.78 is 5.70. The first kappa shape index (κ1) is 14.4. The van der Waals surface area contributed by atoms with E-state index < -0.39 is 0 Å². The molecule has 0 amide bonds. The maximum Gasteiger partial charge on any atom is 0.125 e. The van der Waals surface area contributed by atoms with Gasteiger partial charge in [-0.05, 0) is 42.4 Å². The average molecular weight is 283 g/mol. The molecule has 0 radical (unpaired) electrons. The Balaban J connectivity index is 1.86. The first-order valence-electron chi connectivity index (χ1n) is 8.10. The lowest BCUT2D eigenvalue weighted by molar-refractivity contribution is 0.194. The monoisotopic (exact) mass is 283 g/mol. The smallest absolute Gasteiger partial charge is 0.125 e. The SMILES string of the molecule is CC1CCCC(C)C1NC(c1ccccc1)c1ccco1. The molecule has 1 aliphatic rings. The molecule has 1 aromatic heterocycles. The van der Waals surface area contributed by atoms with Crippen molar-refractivity contribution in [1.82, 2.24) is 5.32 Å². The highest BCUT2D eigenvalue weighted by Gasteiger charge is 2.31. The molecule has 0 spiro atoms. The topological polar surface area (TPSA) is 25.2 Å². The molecule has 1 aromatic carbocycles. The molecular weight excluding hydrogens is 258 g/mol. The van der Waals surface area contributed by atoms with Crippen molar-refractivity contribution in [2.75, 3.05) is 0 Å². The van der Waals surface area contributed by atoms with Gasteiger partial charge in [-0.3, -0.25) is 0 Å². The molecule has 0 aliphatic heterocycles. The molecule has 1 fully saturated rings. The van der Waals surface area contributed by atoms with Crippen molar-refractivity contribution in [1.29, 1.82) is 0 Å². The van der Waals surface area contributed by atoms with Crippen molar-refractivity contribution in [3.05, 3.63) is 60.1 Å². The Kier molecular flexibility index (Phi) is 4.45. The van der Waals surface area contributed by atoms with Crippen LogP contribution in [0.5, 0.6) is 0 Å². The van der Waals surface area contributed by atoms with Crippen LogP contribution < -0.4 is 5.32 Å². The Morgan fingerprint density at radius 1 is 1.00 bits per heavy atom. The predicted octanol–water partition coefficient (Wildman–Crippen LogP) is 4.78. The van der Waals surface area contributed by atoms with E-state index in [-0.39, 0.29) is 6.04 Å². The second kappa shape index (κ2) is 6.48. The number of benzene rings is 1. The zero-order chi connectivity index (χ0) is 14.7. The normalized spacial score (nSPS) is 27.4. The van der Waals surface area contributed by atoms with Crippen LogP contribution in [0.1, 0.15) is 50.5 Å². The molecule has 3 rings (SSSR count). The summed E-state index contributed by atoms with van der Waals surface area (Å²) >= 11 is 0. The highest BCUT2D eigenvalue weighted by Crippen LogP contribution is 2.32. The highest BCUT2D eigenvalue weighted by molar-refractivity contribution is 5.26. The second-order valence-corrected chi connectivity index (χ2v) is 6.44. The van der Waals surface area contributed by atoms with Gasteiger partial charge in [-0.25, -0.2) is 0 Å². The first-order chi connectivity index (χ1) is 10.3. The summed E-state index contributed by atoms with van der Waals surface area (Å²) in [5.41, 5.74) is 1.28. The minimum atomic E-state index is 0.147. The summed E-state index contributed by atoms with van der Waals surface area (Å²) in [6.07, 6.45) is 5.77. The van der Waals surface area contributed by atoms with Gasteiger partial charge < -0.3 is 9.73 Å². The van der Waals surface area contributed by atoms with Crippen molar-refractivity contribution in [2.24, 2.45) is 11.8 Å². The van der Waals surface area contributed by atoms with Crippen LogP contribution in [0, 0.1) is 11.8 Å². The number of hydrogen-bond donors (Lipinski definition) is 1. The van der Waals surface area contributed by atoms with Crippen molar-refractivity contribution in [3.8, 4) is 0 Å². The van der Waals surface area contributed by atoms with Gasteiger partial charge >= 0.3 is 0 Å². The fourth-order valence-electron chi connectivity index (χ4n) is 3.65. The van der Waals surface area contributed by atoms with E-state index in [1.165, 1.54) is 24.8 Å². The Hall–Kier alpha value is -1.54. The van der Waals surface area contributed by atoms with Crippen LogP contribution in [0.25, 0.3) is 0 Å². The number of nitrogens with one attached hydrogen (secondary N) is 1. The Morgan fingerprint density at radius 3 is 2.33 bits per heavy atom. The molecule has 1 heterocycles. The third-order valence-corrected chi connectivity index (χ3v) is 4.86. The molecule has 2 heteroatoms. The summed E-state index contributed by atoms with van der Waals surface area (Å²) in [4.78, 5) is 0. The van der Waals surface area contributed by atoms with Gasteiger partial charge in [0.05, 0.1) is 12.3 Å². The van der Waals surface area contributed by atoms with E-state index in [9.17, 15) is 0 Å². The molecule has 21 heavy (non-hydrogen) atoms. The Labute approximate surface area is 127 Å². The van der Waals surface area contributed by atoms with Crippen LogP contribution in [0.2, 0.25) is 0 Å². The van der Waals surface area contributed by atoms with Crippen LogP contribution >= 0.6 is 0 Å². The summed E-state index contributed by atoms with van der Waals surface area (Å²) in [7, 11) is 0. The molecule has 3 unspecified atom stereocenters. The zero-order valence-electron chi connectivity index (χ0n) is 13.0. The lowest BCUT2D eigenvalue weighted by Gasteiger charge is -2.37. The third kappa shape index (κ3) is 3.21. The minimum Gasteiger partial charge on any atom is -0.467 e. The number of furan rings is 1. The zero-order valence-corrected chi connectivity index (χ0v) is 13.0. The first-order valence-corrected chi connectivity index (χ1v) is 8.10. The van der Waals surface area contributed by atoms with Crippen LogP contribution in [0.15, 0.2) is 53.1 Å². The Bertz CT molecular complexity index is 524. The predicted molar refractivity (Wildman–Crippen MR) is 86.1 cm³/mol. The third-order valence-electron chi connectivity index (χ3n) is 4.86. The molecule has 1 aliphatic carbocycles. The lowest BCUT2D eigenvalue weighted by atomic mass is 9.78.